The van der Waals surface area contributed by atoms with Gasteiger partial charge in [0.05, 0.1) is 11.1 Å². The van der Waals surface area contributed by atoms with Gasteiger partial charge in [-0.3, -0.25) is 0 Å². The molecule has 0 bridgehead atoms. The number of anilines is 1. The van der Waals surface area contributed by atoms with E-state index in [9.17, 15) is 18.3 Å². The maximum Gasteiger partial charge on any atom is 0.416 e. The van der Waals surface area contributed by atoms with Crippen LogP contribution in [-0.2, 0) is 6.18 Å². The standard InChI is InChI=1S/C17H18F3N3O/c1-10-21-15(23-13-4-2-3-5-13)14(16(24)22-10)11-6-8-12(9-7-11)17(18,19)20/h6-9,13H,2-5H2,1H3,(H2,21,22,23,24). The molecule has 24 heavy (non-hydrogen) atoms. The number of nitrogens with one attached hydrogen (secondary N) is 1. The van der Waals surface area contributed by atoms with E-state index in [0.29, 0.717) is 22.8 Å². The minimum atomic E-state index is -4.39. The molecular weight excluding hydrogens is 319 g/mol. The number of nitrogens with zero attached hydrogens (tertiary/aromatic N) is 2. The van der Waals surface area contributed by atoms with E-state index in [-0.39, 0.29) is 11.9 Å². The van der Waals surface area contributed by atoms with Gasteiger partial charge in [0.25, 0.3) is 0 Å². The second-order valence-corrected chi connectivity index (χ2v) is 6.02. The smallest absolute Gasteiger partial charge is 0.416 e. The number of halogens is 3. The molecule has 7 heteroatoms. The van der Waals surface area contributed by atoms with Crippen LogP contribution in [0.4, 0.5) is 19.0 Å². The molecule has 2 N–H and O–H groups in total. The largest absolute Gasteiger partial charge is 0.493 e. The summed E-state index contributed by atoms with van der Waals surface area (Å²) in [5, 5.41) is 13.5. The molecule has 0 aliphatic heterocycles. The highest BCUT2D eigenvalue weighted by Gasteiger charge is 2.30. The Bertz CT molecular complexity index is 723. The van der Waals surface area contributed by atoms with Crippen molar-refractivity contribution in [3.05, 3.63) is 35.7 Å². The van der Waals surface area contributed by atoms with Crippen LogP contribution in [0.1, 0.15) is 37.1 Å². The summed E-state index contributed by atoms with van der Waals surface area (Å²) in [4.78, 5) is 8.28. The number of aromatic hydroxyl groups is 1. The molecule has 1 aromatic carbocycles. The summed E-state index contributed by atoms with van der Waals surface area (Å²) in [5.41, 5.74) is 0.0475. The van der Waals surface area contributed by atoms with E-state index >= 15 is 0 Å². The van der Waals surface area contributed by atoms with E-state index in [1.165, 1.54) is 12.1 Å². The van der Waals surface area contributed by atoms with E-state index in [4.69, 9.17) is 0 Å². The van der Waals surface area contributed by atoms with E-state index < -0.39 is 11.7 Å². The van der Waals surface area contributed by atoms with Crippen molar-refractivity contribution in [2.75, 3.05) is 5.32 Å². The number of hydrogen-bond donors (Lipinski definition) is 2. The normalized spacial score (nSPS) is 15.7. The predicted octanol–water partition coefficient (Wildman–Crippen LogP) is 4.53. The molecule has 0 unspecified atom stereocenters. The molecule has 0 spiro atoms. The van der Waals surface area contributed by atoms with Crippen LogP contribution in [0.15, 0.2) is 24.3 Å². The fourth-order valence-electron chi connectivity index (χ4n) is 3.02. The van der Waals surface area contributed by atoms with Gasteiger partial charge < -0.3 is 10.4 Å². The maximum atomic E-state index is 12.7. The molecule has 1 heterocycles. The number of alkyl halides is 3. The zero-order valence-electron chi connectivity index (χ0n) is 13.2. The second kappa shape index (κ2) is 6.30. The molecule has 4 nitrogen and oxygen atoms in total. The lowest BCUT2D eigenvalue weighted by Crippen LogP contribution is -2.17. The van der Waals surface area contributed by atoms with Crippen LogP contribution < -0.4 is 5.32 Å². The Morgan fingerprint density at radius 3 is 2.29 bits per heavy atom. The lowest BCUT2D eigenvalue weighted by molar-refractivity contribution is -0.137. The summed E-state index contributed by atoms with van der Waals surface area (Å²) in [5.74, 6) is 0.637. The summed E-state index contributed by atoms with van der Waals surface area (Å²) in [6.45, 7) is 1.66. The van der Waals surface area contributed by atoms with Crippen LogP contribution in [-0.4, -0.2) is 21.1 Å². The number of hydrogen-bond acceptors (Lipinski definition) is 4. The summed E-state index contributed by atoms with van der Waals surface area (Å²) in [7, 11) is 0. The van der Waals surface area contributed by atoms with Gasteiger partial charge in [0.2, 0.25) is 5.88 Å². The summed E-state index contributed by atoms with van der Waals surface area (Å²) >= 11 is 0. The Hall–Kier alpha value is -2.31. The SMILES string of the molecule is Cc1nc(O)c(-c2ccc(C(F)(F)F)cc2)c(NC2CCCC2)n1. The maximum absolute atomic E-state index is 12.7. The van der Waals surface area contributed by atoms with Crippen molar-refractivity contribution in [3.63, 3.8) is 0 Å². The first-order valence-corrected chi connectivity index (χ1v) is 7.86. The van der Waals surface area contributed by atoms with Gasteiger partial charge in [-0.15, -0.1) is 0 Å². The first-order chi connectivity index (χ1) is 11.3. The Morgan fingerprint density at radius 2 is 1.71 bits per heavy atom. The van der Waals surface area contributed by atoms with Crippen molar-refractivity contribution < 1.29 is 18.3 Å². The zero-order valence-corrected chi connectivity index (χ0v) is 13.2. The minimum Gasteiger partial charge on any atom is -0.493 e. The van der Waals surface area contributed by atoms with Crippen LogP contribution in [0.2, 0.25) is 0 Å². The lowest BCUT2D eigenvalue weighted by Gasteiger charge is -2.17. The van der Waals surface area contributed by atoms with Gasteiger partial charge in [-0.2, -0.15) is 18.2 Å². The highest BCUT2D eigenvalue weighted by atomic mass is 19.4. The van der Waals surface area contributed by atoms with Crippen LogP contribution in [0.3, 0.4) is 0 Å². The van der Waals surface area contributed by atoms with Crippen LogP contribution in [0.25, 0.3) is 11.1 Å². The van der Waals surface area contributed by atoms with E-state index in [0.717, 1.165) is 37.8 Å². The molecule has 1 aliphatic rings. The topological polar surface area (TPSA) is 58.0 Å². The highest BCUT2D eigenvalue weighted by molar-refractivity contribution is 5.79. The van der Waals surface area contributed by atoms with Crippen LogP contribution in [0, 0.1) is 6.92 Å². The van der Waals surface area contributed by atoms with Gasteiger partial charge in [0.15, 0.2) is 0 Å². The van der Waals surface area contributed by atoms with E-state index in [1.807, 2.05) is 0 Å². The molecule has 0 atom stereocenters. The molecule has 1 saturated carbocycles. The van der Waals surface area contributed by atoms with Gasteiger partial charge >= 0.3 is 6.18 Å². The van der Waals surface area contributed by atoms with Gasteiger partial charge in [-0.05, 0) is 37.5 Å². The number of aromatic nitrogens is 2. The zero-order chi connectivity index (χ0) is 17.3. The third kappa shape index (κ3) is 3.44. The van der Waals surface area contributed by atoms with Crippen molar-refractivity contribution in [1.82, 2.24) is 9.97 Å². The average Bonchev–Trinajstić information content (AvgIpc) is 2.99. The van der Waals surface area contributed by atoms with Crippen molar-refractivity contribution in [2.45, 2.75) is 44.8 Å². The first-order valence-electron chi connectivity index (χ1n) is 7.86. The monoisotopic (exact) mass is 337 g/mol. The van der Waals surface area contributed by atoms with Gasteiger partial charge in [-0.25, -0.2) is 4.98 Å². The quantitative estimate of drug-likeness (QED) is 0.864. The molecule has 1 fully saturated rings. The molecule has 1 aliphatic carbocycles. The number of benzene rings is 1. The highest BCUT2D eigenvalue weighted by Crippen LogP contribution is 2.37. The molecule has 1 aromatic heterocycles. The third-order valence-electron chi connectivity index (χ3n) is 4.20. The van der Waals surface area contributed by atoms with Gasteiger partial charge in [-0.1, -0.05) is 25.0 Å². The first kappa shape index (κ1) is 16.5. The Balaban J connectivity index is 1.99. The Kier molecular flexibility index (Phi) is 4.34. The van der Waals surface area contributed by atoms with Crippen LogP contribution >= 0.6 is 0 Å². The summed E-state index contributed by atoms with van der Waals surface area (Å²) in [6, 6.07) is 4.90. The van der Waals surface area contributed by atoms with E-state index in [2.05, 4.69) is 15.3 Å². The van der Waals surface area contributed by atoms with Crippen LogP contribution in [0.5, 0.6) is 5.88 Å². The van der Waals surface area contributed by atoms with Gasteiger partial charge in [0, 0.05) is 6.04 Å². The molecular formula is C17H18F3N3O. The molecule has 0 radical (unpaired) electrons. The Labute approximate surface area is 137 Å². The third-order valence-corrected chi connectivity index (χ3v) is 4.20. The van der Waals surface area contributed by atoms with E-state index in [1.54, 1.807) is 6.92 Å². The summed E-state index contributed by atoms with van der Waals surface area (Å²) in [6.07, 6.45) is -0.117. The van der Waals surface area contributed by atoms with Crippen molar-refractivity contribution in [2.24, 2.45) is 0 Å². The lowest BCUT2D eigenvalue weighted by atomic mass is 10.0. The summed E-state index contributed by atoms with van der Waals surface area (Å²) < 4.78 is 38.2. The fraction of sp³-hybridized carbons (Fsp3) is 0.412. The fourth-order valence-corrected chi connectivity index (χ4v) is 3.02. The van der Waals surface area contributed by atoms with Crippen molar-refractivity contribution >= 4 is 5.82 Å². The minimum absolute atomic E-state index is 0.234. The van der Waals surface area contributed by atoms with Gasteiger partial charge in [0.1, 0.15) is 11.6 Å². The number of aryl methyl sites for hydroxylation is 1. The predicted molar refractivity (Wildman–Crippen MR) is 84.8 cm³/mol. The molecule has 128 valence electrons. The molecule has 0 amide bonds. The second-order valence-electron chi connectivity index (χ2n) is 6.02. The molecule has 2 aromatic rings. The average molecular weight is 337 g/mol. The molecule has 3 rings (SSSR count). The molecule has 0 saturated heterocycles. The van der Waals surface area contributed by atoms with Crippen molar-refractivity contribution in [3.8, 4) is 17.0 Å². The Morgan fingerprint density at radius 1 is 1.08 bits per heavy atom. The number of rotatable bonds is 3. The van der Waals surface area contributed by atoms with Crippen molar-refractivity contribution in [1.29, 1.82) is 0 Å².